The first-order valence-electron chi connectivity index (χ1n) is 6.06. The number of pyridine rings is 1. The molecule has 3 N–H and O–H groups in total. The van der Waals surface area contributed by atoms with Gasteiger partial charge in [-0.05, 0) is 12.5 Å². The predicted molar refractivity (Wildman–Crippen MR) is 69.3 cm³/mol. The minimum absolute atomic E-state index is 0.128. The Balaban J connectivity index is 2.04. The SMILES string of the molecule is O=C(O)[C@H]1C[C@@H](n2cnc3c(Cl)nccc32)C(O)C1O. The summed E-state index contributed by atoms with van der Waals surface area (Å²) in [5, 5.41) is 29.2. The lowest BCUT2D eigenvalue weighted by molar-refractivity contribution is -0.145. The summed E-state index contributed by atoms with van der Waals surface area (Å²) < 4.78 is 1.64. The number of carboxylic acids is 1. The van der Waals surface area contributed by atoms with Crippen LogP contribution >= 0.6 is 11.6 Å². The molecule has 1 saturated carbocycles. The summed E-state index contributed by atoms with van der Waals surface area (Å²) in [5.74, 6) is -2.12. The Bertz CT molecular complexity index is 674. The van der Waals surface area contributed by atoms with E-state index in [-0.39, 0.29) is 11.6 Å². The molecule has 1 aliphatic rings. The Morgan fingerprint density at radius 2 is 2.10 bits per heavy atom. The Morgan fingerprint density at radius 1 is 1.35 bits per heavy atom. The van der Waals surface area contributed by atoms with Crippen LogP contribution in [-0.2, 0) is 4.79 Å². The molecule has 0 spiro atoms. The molecule has 8 heteroatoms. The van der Waals surface area contributed by atoms with Gasteiger partial charge in [0, 0.05) is 6.20 Å². The fourth-order valence-electron chi connectivity index (χ4n) is 2.72. The number of aliphatic hydroxyl groups is 2. The molecule has 2 aromatic heterocycles. The number of aliphatic hydroxyl groups excluding tert-OH is 2. The summed E-state index contributed by atoms with van der Waals surface area (Å²) in [5.41, 5.74) is 1.13. The van der Waals surface area contributed by atoms with E-state index in [1.165, 1.54) is 12.5 Å². The molecule has 0 bridgehead atoms. The third-order valence-corrected chi connectivity index (χ3v) is 4.05. The maximum atomic E-state index is 11.1. The largest absolute Gasteiger partial charge is 0.481 e. The lowest BCUT2D eigenvalue weighted by Gasteiger charge is -2.18. The Kier molecular flexibility index (Phi) is 3.12. The van der Waals surface area contributed by atoms with E-state index in [9.17, 15) is 15.0 Å². The lowest BCUT2D eigenvalue weighted by atomic mass is 10.1. The second-order valence-corrected chi connectivity index (χ2v) is 5.21. The highest BCUT2D eigenvalue weighted by Crippen LogP contribution is 2.37. The van der Waals surface area contributed by atoms with Gasteiger partial charge in [-0.3, -0.25) is 4.79 Å². The van der Waals surface area contributed by atoms with Crippen LogP contribution in [0.2, 0.25) is 5.15 Å². The zero-order chi connectivity index (χ0) is 14.4. The molecule has 20 heavy (non-hydrogen) atoms. The number of imidazole rings is 1. The molecule has 7 nitrogen and oxygen atoms in total. The summed E-state index contributed by atoms with van der Waals surface area (Å²) in [6, 6.07) is 1.12. The summed E-state index contributed by atoms with van der Waals surface area (Å²) in [7, 11) is 0. The van der Waals surface area contributed by atoms with Crippen molar-refractivity contribution in [3.63, 3.8) is 0 Å². The van der Waals surface area contributed by atoms with Crippen molar-refractivity contribution >= 4 is 28.6 Å². The van der Waals surface area contributed by atoms with Gasteiger partial charge in [-0.15, -0.1) is 0 Å². The number of nitrogens with zero attached hydrogens (tertiary/aromatic N) is 3. The van der Waals surface area contributed by atoms with Gasteiger partial charge in [0.25, 0.3) is 0 Å². The standard InChI is InChI=1S/C12H12ClN3O4/c13-11-8-6(1-2-14-11)16(4-15-8)7-3-5(12(19)20)9(17)10(7)18/h1-2,4-5,7,9-10,17-18H,3H2,(H,19,20)/t5-,7+,9?,10?/m0/s1. The number of hydrogen-bond donors (Lipinski definition) is 3. The Labute approximate surface area is 118 Å². The first-order chi connectivity index (χ1) is 9.50. The highest BCUT2D eigenvalue weighted by Gasteiger charge is 2.46. The second-order valence-electron chi connectivity index (χ2n) is 4.85. The molecule has 2 aromatic rings. The van der Waals surface area contributed by atoms with Crippen molar-refractivity contribution in [3.05, 3.63) is 23.7 Å². The number of aromatic nitrogens is 3. The monoisotopic (exact) mass is 297 g/mol. The third kappa shape index (κ3) is 1.86. The van der Waals surface area contributed by atoms with Crippen molar-refractivity contribution in [2.45, 2.75) is 24.7 Å². The Morgan fingerprint density at radius 3 is 2.75 bits per heavy atom. The van der Waals surface area contributed by atoms with Crippen molar-refractivity contribution in [3.8, 4) is 0 Å². The highest BCUT2D eigenvalue weighted by atomic mass is 35.5. The molecule has 3 rings (SSSR count). The van der Waals surface area contributed by atoms with Gasteiger partial charge in [-0.25, -0.2) is 9.97 Å². The van der Waals surface area contributed by atoms with Gasteiger partial charge in [0.2, 0.25) is 0 Å². The molecule has 2 unspecified atom stereocenters. The van der Waals surface area contributed by atoms with Gasteiger partial charge < -0.3 is 19.9 Å². The fraction of sp³-hybridized carbons (Fsp3) is 0.417. The number of hydrogen-bond acceptors (Lipinski definition) is 5. The van der Waals surface area contributed by atoms with Crippen LogP contribution in [0.15, 0.2) is 18.6 Å². The van der Waals surface area contributed by atoms with Crippen LogP contribution in [0.1, 0.15) is 12.5 Å². The van der Waals surface area contributed by atoms with E-state index >= 15 is 0 Å². The van der Waals surface area contributed by atoms with Crippen LogP contribution in [0.4, 0.5) is 0 Å². The maximum absolute atomic E-state index is 11.1. The van der Waals surface area contributed by atoms with Crippen LogP contribution in [-0.4, -0.2) is 48.0 Å². The van der Waals surface area contributed by atoms with Crippen molar-refractivity contribution in [2.75, 3.05) is 0 Å². The molecule has 4 atom stereocenters. The minimum atomic E-state index is -1.30. The number of carboxylic acid groups (broad SMARTS) is 1. The van der Waals surface area contributed by atoms with E-state index < -0.39 is 30.1 Å². The van der Waals surface area contributed by atoms with Crippen molar-refractivity contribution < 1.29 is 20.1 Å². The van der Waals surface area contributed by atoms with E-state index in [2.05, 4.69) is 9.97 Å². The number of aliphatic carboxylic acids is 1. The Hall–Kier alpha value is -1.70. The normalized spacial score (nSPS) is 29.9. The van der Waals surface area contributed by atoms with Crippen LogP contribution in [0.5, 0.6) is 0 Å². The smallest absolute Gasteiger partial charge is 0.309 e. The zero-order valence-electron chi connectivity index (χ0n) is 10.2. The van der Waals surface area contributed by atoms with Crippen molar-refractivity contribution in [1.82, 2.24) is 14.5 Å². The van der Waals surface area contributed by atoms with Gasteiger partial charge >= 0.3 is 5.97 Å². The molecule has 0 aliphatic heterocycles. The van der Waals surface area contributed by atoms with Crippen molar-refractivity contribution in [1.29, 1.82) is 0 Å². The lowest BCUT2D eigenvalue weighted by Crippen LogP contribution is -2.32. The van der Waals surface area contributed by atoms with E-state index in [0.717, 1.165) is 0 Å². The molecule has 0 amide bonds. The molecule has 1 fully saturated rings. The first kappa shape index (κ1) is 13.3. The quantitative estimate of drug-likeness (QED) is 0.695. The molecule has 106 valence electrons. The van der Waals surface area contributed by atoms with Gasteiger partial charge in [0.1, 0.15) is 11.6 Å². The number of halogens is 1. The summed E-state index contributed by atoms with van der Waals surface area (Å²) >= 11 is 5.93. The fourth-order valence-corrected chi connectivity index (χ4v) is 2.92. The van der Waals surface area contributed by atoms with E-state index in [1.54, 1.807) is 10.6 Å². The molecular weight excluding hydrogens is 286 g/mol. The zero-order valence-corrected chi connectivity index (χ0v) is 11.0. The van der Waals surface area contributed by atoms with E-state index in [0.29, 0.717) is 11.0 Å². The minimum Gasteiger partial charge on any atom is -0.481 e. The summed E-state index contributed by atoms with van der Waals surface area (Å²) in [6.07, 6.45) is 0.647. The van der Waals surface area contributed by atoms with Crippen LogP contribution in [0.3, 0.4) is 0 Å². The van der Waals surface area contributed by atoms with Crippen LogP contribution in [0.25, 0.3) is 11.0 Å². The van der Waals surface area contributed by atoms with Gasteiger partial charge in [0.05, 0.1) is 29.9 Å². The van der Waals surface area contributed by atoms with Gasteiger partial charge in [-0.2, -0.15) is 0 Å². The van der Waals surface area contributed by atoms with E-state index in [1.807, 2.05) is 0 Å². The summed E-state index contributed by atoms with van der Waals surface area (Å²) in [4.78, 5) is 19.1. The predicted octanol–water partition coefficient (Wildman–Crippen LogP) is 0.452. The maximum Gasteiger partial charge on any atom is 0.309 e. The number of carbonyl (C=O) groups is 1. The van der Waals surface area contributed by atoms with Gasteiger partial charge in [0.15, 0.2) is 5.15 Å². The van der Waals surface area contributed by atoms with Crippen molar-refractivity contribution in [2.24, 2.45) is 5.92 Å². The average Bonchev–Trinajstić information content (AvgIpc) is 2.94. The molecule has 0 saturated heterocycles. The second kappa shape index (κ2) is 4.69. The number of fused-ring (bicyclic) bond motifs is 1. The van der Waals surface area contributed by atoms with Gasteiger partial charge in [-0.1, -0.05) is 11.6 Å². The van der Waals surface area contributed by atoms with E-state index in [4.69, 9.17) is 16.7 Å². The average molecular weight is 298 g/mol. The molecule has 1 aliphatic carbocycles. The molecular formula is C12H12ClN3O4. The third-order valence-electron chi connectivity index (χ3n) is 3.77. The first-order valence-corrected chi connectivity index (χ1v) is 6.44. The van der Waals surface area contributed by atoms with Crippen LogP contribution < -0.4 is 0 Å². The topological polar surface area (TPSA) is 108 Å². The molecule has 0 radical (unpaired) electrons. The highest BCUT2D eigenvalue weighted by molar-refractivity contribution is 6.33. The molecule has 0 aromatic carbocycles. The number of rotatable bonds is 2. The summed E-state index contributed by atoms with van der Waals surface area (Å²) in [6.45, 7) is 0. The molecule has 2 heterocycles. The van der Waals surface area contributed by atoms with Crippen LogP contribution in [0, 0.1) is 5.92 Å².